The van der Waals surface area contributed by atoms with Gasteiger partial charge in [-0.1, -0.05) is 0 Å². The Morgan fingerprint density at radius 3 is 1.92 bits per heavy atom. The van der Waals surface area contributed by atoms with Gasteiger partial charge < -0.3 is 19.7 Å². The lowest BCUT2D eigenvalue weighted by Gasteiger charge is -2.11. The minimum Gasteiger partial charge on any atom is -0.478 e. The van der Waals surface area contributed by atoms with E-state index in [1.165, 1.54) is 0 Å². The Balaban J connectivity index is 4.65. The van der Waals surface area contributed by atoms with E-state index in [1.54, 1.807) is 13.8 Å². The second-order valence-corrected chi connectivity index (χ2v) is 2.10. The molecular weight excluding hydrogens is 176 g/mol. The van der Waals surface area contributed by atoms with Gasteiger partial charge in [-0.2, -0.15) is 0 Å². The first-order chi connectivity index (χ1) is 6.17. The molecule has 0 atom stereocenters. The third-order valence-electron chi connectivity index (χ3n) is 1.21. The summed E-state index contributed by atoms with van der Waals surface area (Å²) in [6.07, 6.45) is 0. The van der Waals surface area contributed by atoms with Crippen molar-refractivity contribution in [3.05, 3.63) is 11.5 Å². The smallest absolute Gasteiger partial charge is 0.341 e. The molecule has 2 N–H and O–H groups in total. The number of aliphatic carboxylic acids is 1. The second-order valence-electron chi connectivity index (χ2n) is 2.10. The predicted molar refractivity (Wildman–Crippen MR) is 45.0 cm³/mol. The fourth-order valence-corrected chi connectivity index (χ4v) is 0.698. The van der Waals surface area contributed by atoms with E-state index >= 15 is 0 Å². The minimum atomic E-state index is -1.24. The van der Waals surface area contributed by atoms with Gasteiger partial charge in [-0.05, 0) is 13.8 Å². The lowest BCUT2D eigenvalue weighted by Crippen LogP contribution is -2.12. The van der Waals surface area contributed by atoms with Crippen LogP contribution >= 0.6 is 0 Å². The number of carboxylic acids is 1. The fourth-order valence-electron chi connectivity index (χ4n) is 0.698. The van der Waals surface area contributed by atoms with Crippen LogP contribution in [-0.4, -0.2) is 36.0 Å². The molecule has 0 rings (SSSR count). The molecule has 0 aliphatic heterocycles. The van der Waals surface area contributed by atoms with Gasteiger partial charge in [0.1, 0.15) is 5.57 Å². The summed E-state index contributed by atoms with van der Waals surface area (Å²) >= 11 is 0. The molecule has 0 bridgehead atoms. The Morgan fingerprint density at radius 1 is 1.23 bits per heavy atom. The van der Waals surface area contributed by atoms with Crippen LogP contribution in [0.5, 0.6) is 0 Å². The molecule has 0 aromatic rings. The maximum Gasteiger partial charge on any atom is 0.341 e. The van der Waals surface area contributed by atoms with E-state index in [-0.39, 0.29) is 11.5 Å². The third-order valence-corrected chi connectivity index (χ3v) is 1.21. The highest BCUT2D eigenvalue weighted by molar-refractivity contribution is 5.87. The van der Waals surface area contributed by atoms with Gasteiger partial charge in [-0.25, -0.2) is 4.79 Å². The van der Waals surface area contributed by atoms with Crippen LogP contribution in [0.2, 0.25) is 0 Å². The molecule has 0 saturated heterocycles. The lowest BCUT2D eigenvalue weighted by atomic mass is 10.3. The molecule has 0 aromatic carbocycles. The summed E-state index contributed by atoms with van der Waals surface area (Å²) in [5.41, 5.74) is -0.260. The fraction of sp³-hybridized carbons (Fsp3) is 0.625. The molecule has 76 valence electrons. The normalized spacial score (nSPS) is 9.15. The first-order valence-corrected chi connectivity index (χ1v) is 4.00. The molecule has 0 spiro atoms. The van der Waals surface area contributed by atoms with Crippen LogP contribution in [-0.2, 0) is 14.3 Å². The summed E-state index contributed by atoms with van der Waals surface area (Å²) in [6.45, 7) is 3.40. The van der Waals surface area contributed by atoms with Crippen molar-refractivity contribution in [2.75, 3.05) is 19.8 Å². The molecule has 0 aliphatic carbocycles. The molecule has 0 amide bonds. The van der Waals surface area contributed by atoms with Crippen LogP contribution in [0.25, 0.3) is 0 Å². The van der Waals surface area contributed by atoms with Crippen molar-refractivity contribution >= 4 is 5.97 Å². The lowest BCUT2D eigenvalue weighted by molar-refractivity contribution is -0.134. The molecule has 0 aromatic heterocycles. The number of rotatable bonds is 6. The molecule has 0 aliphatic rings. The summed E-state index contributed by atoms with van der Waals surface area (Å²) in [6, 6.07) is 0. The number of ether oxygens (including phenoxy) is 2. The average Bonchev–Trinajstić information content (AvgIpc) is 2.05. The van der Waals surface area contributed by atoms with Crippen LogP contribution < -0.4 is 0 Å². The van der Waals surface area contributed by atoms with E-state index < -0.39 is 12.6 Å². The van der Waals surface area contributed by atoms with E-state index in [0.717, 1.165) is 0 Å². The highest BCUT2D eigenvalue weighted by atomic mass is 16.7. The van der Waals surface area contributed by atoms with Crippen molar-refractivity contribution in [1.29, 1.82) is 0 Å². The van der Waals surface area contributed by atoms with Crippen LogP contribution in [0.1, 0.15) is 13.8 Å². The van der Waals surface area contributed by atoms with Crippen LogP contribution in [0, 0.1) is 0 Å². The minimum absolute atomic E-state index is 0.111. The molecule has 5 heteroatoms. The summed E-state index contributed by atoms with van der Waals surface area (Å²) in [4.78, 5) is 10.5. The SMILES string of the molecule is CCOC(OCC)=C(CO)C(=O)O. The maximum atomic E-state index is 10.5. The van der Waals surface area contributed by atoms with Crippen molar-refractivity contribution < 1.29 is 24.5 Å². The number of hydrogen-bond donors (Lipinski definition) is 2. The molecule has 0 radical (unpaired) electrons. The van der Waals surface area contributed by atoms with Gasteiger partial charge in [-0.15, -0.1) is 0 Å². The summed E-state index contributed by atoms with van der Waals surface area (Å²) in [5, 5.41) is 17.3. The van der Waals surface area contributed by atoms with Crippen molar-refractivity contribution in [1.82, 2.24) is 0 Å². The Bertz CT molecular complexity index is 189. The Labute approximate surface area is 76.6 Å². The Kier molecular flexibility index (Phi) is 5.71. The molecule has 0 heterocycles. The number of hydrogen-bond acceptors (Lipinski definition) is 4. The van der Waals surface area contributed by atoms with Crippen LogP contribution in [0.3, 0.4) is 0 Å². The van der Waals surface area contributed by atoms with E-state index in [2.05, 4.69) is 0 Å². The summed E-state index contributed by atoms with van der Waals surface area (Å²) < 4.78 is 9.83. The van der Waals surface area contributed by atoms with Gasteiger partial charge in [-0.3, -0.25) is 0 Å². The zero-order chi connectivity index (χ0) is 10.3. The van der Waals surface area contributed by atoms with Crippen LogP contribution in [0.4, 0.5) is 0 Å². The number of aliphatic hydroxyl groups is 1. The Morgan fingerprint density at radius 2 is 1.69 bits per heavy atom. The monoisotopic (exact) mass is 190 g/mol. The van der Waals surface area contributed by atoms with Gasteiger partial charge in [0.15, 0.2) is 0 Å². The highest BCUT2D eigenvalue weighted by Gasteiger charge is 2.15. The first-order valence-electron chi connectivity index (χ1n) is 4.00. The quantitative estimate of drug-likeness (QED) is 0.467. The van der Waals surface area contributed by atoms with Gasteiger partial charge in [0, 0.05) is 0 Å². The van der Waals surface area contributed by atoms with Gasteiger partial charge >= 0.3 is 5.97 Å². The number of aliphatic hydroxyl groups excluding tert-OH is 1. The molecular formula is C8H14O5. The molecule has 0 unspecified atom stereocenters. The maximum absolute atomic E-state index is 10.5. The molecule has 0 fully saturated rings. The van der Waals surface area contributed by atoms with Crippen molar-refractivity contribution in [2.24, 2.45) is 0 Å². The van der Waals surface area contributed by atoms with Gasteiger partial charge in [0.25, 0.3) is 5.95 Å². The van der Waals surface area contributed by atoms with E-state index in [4.69, 9.17) is 19.7 Å². The second kappa shape index (κ2) is 6.30. The highest BCUT2D eigenvalue weighted by Crippen LogP contribution is 2.08. The zero-order valence-corrected chi connectivity index (χ0v) is 7.74. The van der Waals surface area contributed by atoms with E-state index in [0.29, 0.717) is 13.2 Å². The molecule has 5 nitrogen and oxygen atoms in total. The van der Waals surface area contributed by atoms with E-state index in [9.17, 15) is 4.79 Å². The zero-order valence-electron chi connectivity index (χ0n) is 7.74. The predicted octanol–water partition coefficient (Wildman–Crippen LogP) is 0.348. The topological polar surface area (TPSA) is 76.0 Å². The molecule has 0 saturated carbocycles. The number of carbonyl (C=O) groups is 1. The standard InChI is InChI=1S/C8H14O5/c1-3-12-8(13-4-2)6(5-9)7(10)11/h9H,3-5H2,1-2H3,(H,10,11). The largest absolute Gasteiger partial charge is 0.478 e. The third kappa shape index (κ3) is 3.80. The van der Waals surface area contributed by atoms with Crippen LogP contribution in [0.15, 0.2) is 11.5 Å². The summed E-state index contributed by atoms with van der Waals surface area (Å²) in [5.74, 6) is -1.35. The van der Waals surface area contributed by atoms with Gasteiger partial charge in [0.2, 0.25) is 0 Å². The Hall–Kier alpha value is -1.23. The van der Waals surface area contributed by atoms with Crippen molar-refractivity contribution in [3.8, 4) is 0 Å². The molecule has 13 heavy (non-hydrogen) atoms. The van der Waals surface area contributed by atoms with E-state index in [1.807, 2.05) is 0 Å². The van der Waals surface area contributed by atoms with Gasteiger partial charge in [0.05, 0.1) is 19.8 Å². The van der Waals surface area contributed by atoms with Crippen molar-refractivity contribution in [2.45, 2.75) is 13.8 Å². The van der Waals surface area contributed by atoms with Crippen molar-refractivity contribution in [3.63, 3.8) is 0 Å². The summed E-state index contributed by atoms with van der Waals surface area (Å²) in [7, 11) is 0. The average molecular weight is 190 g/mol. The first kappa shape index (κ1) is 11.8. The number of carboxylic acid groups (broad SMARTS) is 1.